The van der Waals surface area contributed by atoms with E-state index in [0.29, 0.717) is 12.3 Å². The highest BCUT2D eigenvalue weighted by Crippen LogP contribution is 2.34. The van der Waals surface area contributed by atoms with E-state index in [-0.39, 0.29) is 6.23 Å². The molecule has 140 valence electrons. The van der Waals surface area contributed by atoms with E-state index in [0.717, 1.165) is 29.9 Å². The number of hydrogen-bond donors (Lipinski definition) is 0. The van der Waals surface area contributed by atoms with Crippen LogP contribution in [0.5, 0.6) is 0 Å². The number of halogens is 3. The van der Waals surface area contributed by atoms with Crippen LogP contribution >= 0.6 is 0 Å². The van der Waals surface area contributed by atoms with Crippen molar-refractivity contribution in [1.82, 2.24) is 4.57 Å². The van der Waals surface area contributed by atoms with Gasteiger partial charge in [-0.1, -0.05) is 23.8 Å². The summed E-state index contributed by atoms with van der Waals surface area (Å²) < 4.78 is 46.5. The Morgan fingerprint density at radius 2 is 1.78 bits per heavy atom. The first-order valence-corrected chi connectivity index (χ1v) is 8.72. The number of alkyl halides is 3. The van der Waals surface area contributed by atoms with Crippen LogP contribution in [0.15, 0.2) is 67.0 Å². The minimum Gasteiger partial charge on any atom is -0.352 e. The lowest BCUT2D eigenvalue weighted by atomic mass is 10.2. The number of ether oxygens (including phenoxy) is 1. The first-order valence-electron chi connectivity index (χ1n) is 8.72. The summed E-state index contributed by atoms with van der Waals surface area (Å²) in [5.74, 6) is 0. The molecule has 0 saturated carbocycles. The van der Waals surface area contributed by atoms with Gasteiger partial charge in [-0.05, 0) is 43.3 Å². The van der Waals surface area contributed by atoms with Gasteiger partial charge in [0.15, 0.2) is 6.23 Å². The highest BCUT2D eigenvalue weighted by Gasteiger charge is 2.31. The molecule has 0 radical (unpaired) electrons. The summed E-state index contributed by atoms with van der Waals surface area (Å²) in [5.41, 5.74) is 2.97. The molecule has 1 atom stereocenters. The minimum atomic E-state index is -4.36. The van der Waals surface area contributed by atoms with Crippen molar-refractivity contribution in [2.45, 2.75) is 19.3 Å². The molecule has 2 heterocycles. The van der Waals surface area contributed by atoms with E-state index < -0.39 is 11.7 Å². The maximum atomic E-state index is 13.0. The summed E-state index contributed by atoms with van der Waals surface area (Å²) in [6.07, 6.45) is -1.02. The molecule has 3 nitrogen and oxygen atoms in total. The Morgan fingerprint density at radius 1 is 1.00 bits per heavy atom. The first kappa shape index (κ1) is 17.7. The van der Waals surface area contributed by atoms with E-state index in [2.05, 4.69) is 29.2 Å². The topological polar surface area (TPSA) is 17.4 Å². The molecule has 1 aliphatic heterocycles. The number of rotatable bonds is 3. The summed E-state index contributed by atoms with van der Waals surface area (Å²) >= 11 is 0. The van der Waals surface area contributed by atoms with Gasteiger partial charge in [-0.3, -0.25) is 0 Å². The lowest BCUT2D eigenvalue weighted by Gasteiger charge is -2.24. The Bertz CT molecular complexity index is 931. The molecule has 1 fully saturated rings. The highest BCUT2D eigenvalue weighted by atomic mass is 19.4. The maximum Gasteiger partial charge on any atom is 0.416 e. The van der Waals surface area contributed by atoms with Crippen LogP contribution < -0.4 is 4.90 Å². The van der Waals surface area contributed by atoms with Crippen molar-refractivity contribution in [1.29, 1.82) is 0 Å². The van der Waals surface area contributed by atoms with Gasteiger partial charge in [-0.2, -0.15) is 13.2 Å². The lowest BCUT2D eigenvalue weighted by molar-refractivity contribution is -0.137. The van der Waals surface area contributed by atoms with Crippen molar-refractivity contribution in [2.75, 3.05) is 18.1 Å². The third kappa shape index (κ3) is 3.57. The molecule has 0 N–H and O–H groups in total. The van der Waals surface area contributed by atoms with Gasteiger partial charge in [0.25, 0.3) is 0 Å². The van der Waals surface area contributed by atoms with Gasteiger partial charge in [-0.15, -0.1) is 0 Å². The molecule has 0 amide bonds. The molecule has 6 heteroatoms. The van der Waals surface area contributed by atoms with Crippen LogP contribution in [0, 0.1) is 6.92 Å². The maximum absolute atomic E-state index is 13.0. The van der Waals surface area contributed by atoms with Gasteiger partial charge in [0.1, 0.15) is 0 Å². The molecular weight excluding hydrogens is 353 g/mol. The van der Waals surface area contributed by atoms with Crippen molar-refractivity contribution in [3.05, 3.63) is 83.7 Å². The van der Waals surface area contributed by atoms with E-state index in [1.165, 1.54) is 11.6 Å². The van der Waals surface area contributed by atoms with Gasteiger partial charge >= 0.3 is 6.18 Å². The Kier molecular flexibility index (Phi) is 4.44. The number of aromatic nitrogens is 1. The van der Waals surface area contributed by atoms with Crippen LogP contribution in [0.25, 0.3) is 5.69 Å². The molecule has 3 aromatic rings. The Morgan fingerprint density at radius 3 is 2.52 bits per heavy atom. The third-order valence-corrected chi connectivity index (χ3v) is 4.73. The van der Waals surface area contributed by atoms with Crippen LogP contribution in [-0.2, 0) is 10.9 Å². The molecule has 2 aromatic carbocycles. The zero-order valence-electron chi connectivity index (χ0n) is 14.8. The summed E-state index contributed by atoms with van der Waals surface area (Å²) in [4.78, 5) is 2.16. The number of aryl methyl sites for hydroxylation is 1. The lowest BCUT2D eigenvalue weighted by Crippen LogP contribution is -2.22. The monoisotopic (exact) mass is 372 g/mol. The van der Waals surface area contributed by atoms with Crippen molar-refractivity contribution >= 4 is 5.69 Å². The summed E-state index contributed by atoms with van der Waals surface area (Å²) in [6, 6.07) is 15.4. The van der Waals surface area contributed by atoms with Gasteiger partial charge in [-0.25, -0.2) is 0 Å². The van der Waals surface area contributed by atoms with Gasteiger partial charge < -0.3 is 14.2 Å². The first-order chi connectivity index (χ1) is 12.9. The van der Waals surface area contributed by atoms with E-state index in [1.54, 1.807) is 16.8 Å². The van der Waals surface area contributed by atoms with Gasteiger partial charge in [0.05, 0.1) is 12.2 Å². The molecule has 1 aliphatic rings. The van der Waals surface area contributed by atoms with Gasteiger partial charge in [0.2, 0.25) is 0 Å². The second kappa shape index (κ2) is 6.78. The van der Waals surface area contributed by atoms with E-state index in [9.17, 15) is 13.2 Å². The average molecular weight is 372 g/mol. The fourth-order valence-corrected chi connectivity index (χ4v) is 3.31. The average Bonchev–Trinajstić information content (AvgIpc) is 3.31. The van der Waals surface area contributed by atoms with Gasteiger partial charge in [0, 0.05) is 35.9 Å². The quantitative estimate of drug-likeness (QED) is 0.617. The third-order valence-electron chi connectivity index (χ3n) is 4.73. The molecule has 1 saturated heterocycles. The highest BCUT2D eigenvalue weighted by molar-refractivity contribution is 5.50. The van der Waals surface area contributed by atoms with Crippen LogP contribution in [0.4, 0.5) is 18.9 Å². The number of anilines is 1. The summed E-state index contributed by atoms with van der Waals surface area (Å²) in [5, 5.41) is 0. The van der Waals surface area contributed by atoms with E-state index in [1.807, 2.05) is 19.2 Å². The zero-order valence-corrected chi connectivity index (χ0v) is 14.8. The molecule has 1 aromatic heterocycles. The minimum absolute atomic E-state index is 0.250. The fourth-order valence-electron chi connectivity index (χ4n) is 3.31. The second-order valence-corrected chi connectivity index (χ2v) is 6.65. The van der Waals surface area contributed by atoms with Crippen molar-refractivity contribution in [3.8, 4) is 5.69 Å². The molecule has 27 heavy (non-hydrogen) atoms. The zero-order chi connectivity index (χ0) is 19.0. The predicted octanol–water partition coefficient (Wildman–Crippen LogP) is 5.34. The largest absolute Gasteiger partial charge is 0.416 e. The number of nitrogens with zero attached hydrogens (tertiary/aromatic N) is 2. The SMILES string of the molecule is Cc1ccc(N2CCO[C@H]2c2ccn(-c3cccc(C(F)(F)F)c3)c2)cc1. The van der Waals surface area contributed by atoms with E-state index >= 15 is 0 Å². The van der Waals surface area contributed by atoms with Crippen LogP contribution in [-0.4, -0.2) is 17.7 Å². The van der Waals surface area contributed by atoms with Crippen molar-refractivity contribution < 1.29 is 17.9 Å². The molecule has 0 aliphatic carbocycles. The standard InChI is InChI=1S/C21H19F3N2O/c1-15-5-7-18(8-6-15)26-11-12-27-20(26)16-9-10-25(14-16)19-4-2-3-17(13-19)21(22,23)24/h2-10,13-14,20H,11-12H2,1H3/t20-/m0/s1. The summed E-state index contributed by atoms with van der Waals surface area (Å²) in [6.45, 7) is 3.41. The fraction of sp³-hybridized carbons (Fsp3) is 0.238. The Hall–Kier alpha value is -2.73. The molecule has 0 spiro atoms. The summed E-state index contributed by atoms with van der Waals surface area (Å²) in [7, 11) is 0. The Labute approximate surface area is 155 Å². The predicted molar refractivity (Wildman–Crippen MR) is 98.0 cm³/mol. The molecule has 4 rings (SSSR count). The second-order valence-electron chi connectivity index (χ2n) is 6.65. The number of benzene rings is 2. The van der Waals surface area contributed by atoms with Crippen molar-refractivity contribution in [2.24, 2.45) is 0 Å². The molecule has 0 unspecified atom stereocenters. The van der Waals surface area contributed by atoms with Crippen LogP contribution in [0.2, 0.25) is 0 Å². The molecule has 0 bridgehead atoms. The molecular formula is C21H19F3N2O. The number of hydrogen-bond acceptors (Lipinski definition) is 2. The van der Waals surface area contributed by atoms with E-state index in [4.69, 9.17) is 4.74 Å². The van der Waals surface area contributed by atoms with Crippen LogP contribution in [0.1, 0.15) is 22.9 Å². The van der Waals surface area contributed by atoms with Crippen LogP contribution in [0.3, 0.4) is 0 Å². The smallest absolute Gasteiger partial charge is 0.352 e. The van der Waals surface area contributed by atoms with Crippen molar-refractivity contribution in [3.63, 3.8) is 0 Å². The normalized spacial score (nSPS) is 17.5. The Balaban J connectivity index is 1.61.